The van der Waals surface area contributed by atoms with Crippen molar-refractivity contribution in [3.8, 4) is 11.4 Å². The number of amides is 1. The second kappa shape index (κ2) is 10.8. The van der Waals surface area contributed by atoms with Crippen molar-refractivity contribution in [2.75, 3.05) is 7.11 Å². The molecule has 8 nitrogen and oxygen atoms in total. The first-order valence-corrected chi connectivity index (χ1v) is 12.5. The topological polar surface area (TPSA) is 103 Å². The van der Waals surface area contributed by atoms with E-state index in [1.165, 1.54) is 26.4 Å². The molecule has 8 heteroatoms. The molecule has 1 atom stereocenters. The molecule has 190 valence electrons. The highest BCUT2D eigenvalue weighted by molar-refractivity contribution is 5.99. The van der Waals surface area contributed by atoms with Gasteiger partial charge in [-0.3, -0.25) is 9.59 Å². The van der Waals surface area contributed by atoms with Crippen molar-refractivity contribution in [1.29, 1.82) is 0 Å². The summed E-state index contributed by atoms with van der Waals surface area (Å²) in [6.45, 7) is 0. The van der Waals surface area contributed by atoms with Crippen molar-refractivity contribution >= 4 is 29.2 Å². The lowest BCUT2D eigenvalue weighted by molar-refractivity contribution is -0.142. The Balaban J connectivity index is 1.43. The SMILES string of the molecule is COC(=O)[C@H](Cc1ccc(C=O)cc1)NC(=O)c1ccc2c(c1)nc(-c1ccoc1)n2C1CCCCC1. The predicted molar refractivity (Wildman–Crippen MR) is 138 cm³/mol. The molecule has 0 spiro atoms. The normalized spacial score (nSPS) is 14.8. The largest absolute Gasteiger partial charge is 0.472 e. The van der Waals surface area contributed by atoms with E-state index in [9.17, 15) is 14.4 Å². The number of imidazole rings is 1. The van der Waals surface area contributed by atoms with E-state index in [0.717, 1.165) is 41.6 Å². The molecule has 1 amide bonds. The number of aromatic nitrogens is 2. The molecule has 5 rings (SSSR count). The molecule has 0 unspecified atom stereocenters. The Morgan fingerprint density at radius 2 is 1.92 bits per heavy atom. The zero-order valence-electron chi connectivity index (χ0n) is 20.7. The number of methoxy groups -OCH3 is 1. The Bertz CT molecular complexity index is 1400. The number of carbonyl (C=O) groups excluding carboxylic acids is 3. The Morgan fingerprint density at radius 1 is 1.14 bits per heavy atom. The highest BCUT2D eigenvalue weighted by atomic mass is 16.5. The van der Waals surface area contributed by atoms with Crippen LogP contribution in [0.25, 0.3) is 22.4 Å². The molecule has 0 saturated heterocycles. The number of hydrogen-bond acceptors (Lipinski definition) is 6. The van der Waals surface area contributed by atoms with Crippen molar-refractivity contribution in [3.05, 3.63) is 77.7 Å². The summed E-state index contributed by atoms with van der Waals surface area (Å²) in [5, 5.41) is 2.81. The van der Waals surface area contributed by atoms with E-state index in [4.69, 9.17) is 14.1 Å². The number of esters is 1. The third kappa shape index (κ3) is 5.18. The molecule has 2 aromatic heterocycles. The number of fused-ring (bicyclic) bond motifs is 1. The van der Waals surface area contributed by atoms with E-state index in [-0.39, 0.29) is 12.3 Å². The van der Waals surface area contributed by atoms with Gasteiger partial charge in [-0.2, -0.15) is 0 Å². The first-order chi connectivity index (χ1) is 18.1. The summed E-state index contributed by atoms with van der Waals surface area (Å²) in [5.74, 6) is -0.101. The lowest BCUT2D eigenvalue weighted by atomic mass is 9.95. The fourth-order valence-electron chi connectivity index (χ4n) is 5.09. The molecule has 2 heterocycles. The molecule has 0 radical (unpaired) electrons. The van der Waals surface area contributed by atoms with Crippen LogP contribution in [0.2, 0.25) is 0 Å². The number of nitrogens with one attached hydrogen (secondary N) is 1. The summed E-state index contributed by atoms with van der Waals surface area (Å²) in [4.78, 5) is 41.5. The maximum Gasteiger partial charge on any atom is 0.328 e. The first kappa shape index (κ1) is 24.5. The van der Waals surface area contributed by atoms with Crippen LogP contribution in [0.3, 0.4) is 0 Å². The van der Waals surface area contributed by atoms with E-state index >= 15 is 0 Å². The highest BCUT2D eigenvalue weighted by Crippen LogP contribution is 2.36. The molecular formula is C29H29N3O5. The van der Waals surface area contributed by atoms with E-state index in [1.54, 1.807) is 48.9 Å². The van der Waals surface area contributed by atoms with Gasteiger partial charge < -0.3 is 19.0 Å². The molecule has 1 N–H and O–H groups in total. The number of benzene rings is 2. The summed E-state index contributed by atoms with van der Waals surface area (Å²) in [7, 11) is 1.29. The van der Waals surface area contributed by atoms with E-state index in [0.29, 0.717) is 22.7 Å². The van der Waals surface area contributed by atoms with Crippen LogP contribution in [0.4, 0.5) is 0 Å². The highest BCUT2D eigenvalue weighted by Gasteiger charge is 2.25. The molecule has 37 heavy (non-hydrogen) atoms. The number of ether oxygens (including phenoxy) is 1. The Morgan fingerprint density at radius 3 is 2.59 bits per heavy atom. The lowest BCUT2D eigenvalue weighted by Crippen LogP contribution is -2.43. The van der Waals surface area contributed by atoms with Crippen LogP contribution < -0.4 is 5.32 Å². The summed E-state index contributed by atoms with van der Waals surface area (Å²) >= 11 is 0. The Labute approximate surface area is 214 Å². The van der Waals surface area contributed by atoms with Crippen LogP contribution in [0, 0.1) is 0 Å². The average Bonchev–Trinajstić information content (AvgIpc) is 3.61. The average molecular weight is 500 g/mol. The van der Waals surface area contributed by atoms with Crippen LogP contribution in [-0.2, 0) is 16.0 Å². The van der Waals surface area contributed by atoms with Gasteiger partial charge in [0.1, 0.15) is 24.4 Å². The fourth-order valence-corrected chi connectivity index (χ4v) is 5.09. The zero-order chi connectivity index (χ0) is 25.8. The summed E-state index contributed by atoms with van der Waals surface area (Å²) in [6, 6.07) is 13.7. The first-order valence-electron chi connectivity index (χ1n) is 12.5. The molecule has 0 bridgehead atoms. The van der Waals surface area contributed by atoms with Crippen molar-refractivity contribution in [1.82, 2.24) is 14.9 Å². The second-order valence-corrected chi connectivity index (χ2v) is 9.43. The Kier molecular flexibility index (Phi) is 7.16. The monoisotopic (exact) mass is 499 g/mol. The summed E-state index contributed by atoms with van der Waals surface area (Å²) in [6.07, 6.45) is 10.1. The number of rotatable bonds is 8. The minimum Gasteiger partial charge on any atom is -0.472 e. The molecule has 1 saturated carbocycles. The summed E-state index contributed by atoms with van der Waals surface area (Å²) < 4.78 is 12.5. The third-order valence-electron chi connectivity index (χ3n) is 7.02. The van der Waals surface area contributed by atoms with E-state index < -0.39 is 12.0 Å². The van der Waals surface area contributed by atoms with E-state index in [1.807, 2.05) is 12.1 Å². The van der Waals surface area contributed by atoms with Crippen LogP contribution in [0.1, 0.15) is 64.4 Å². The molecular weight excluding hydrogens is 470 g/mol. The quantitative estimate of drug-likeness (QED) is 0.266. The van der Waals surface area contributed by atoms with Crippen molar-refractivity contribution < 1.29 is 23.5 Å². The van der Waals surface area contributed by atoms with Crippen LogP contribution in [0.5, 0.6) is 0 Å². The van der Waals surface area contributed by atoms with Gasteiger partial charge in [0.25, 0.3) is 5.91 Å². The van der Waals surface area contributed by atoms with Gasteiger partial charge in [-0.15, -0.1) is 0 Å². The third-order valence-corrected chi connectivity index (χ3v) is 7.02. The smallest absolute Gasteiger partial charge is 0.328 e. The number of aldehydes is 1. The fraction of sp³-hybridized carbons (Fsp3) is 0.310. The second-order valence-electron chi connectivity index (χ2n) is 9.43. The molecule has 0 aliphatic heterocycles. The molecule has 2 aromatic carbocycles. The van der Waals surface area contributed by atoms with Crippen LogP contribution >= 0.6 is 0 Å². The van der Waals surface area contributed by atoms with Crippen molar-refractivity contribution in [3.63, 3.8) is 0 Å². The summed E-state index contributed by atoms with van der Waals surface area (Å²) in [5.41, 5.74) is 4.34. The van der Waals surface area contributed by atoms with Gasteiger partial charge in [-0.05, 0) is 42.7 Å². The molecule has 1 fully saturated rings. The zero-order valence-corrected chi connectivity index (χ0v) is 20.7. The van der Waals surface area contributed by atoms with Gasteiger partial charge >= 0.3 is 5.97 Å². The van der Waals surface area contributed by atoms with Gasteiger partial charge in [-0.1, -0.05) is 43.5 Å². The van der Waals surface area contributed by atoms with Gasteiger partial charge in [-0.25, -0.2) is 9.78 Å². The number of furan rings is 1. The lowest BCUT2D eigenvalue weighted by Gasteiger charge is -2.25. The predicted octanol–water partition coefficient (Wildman–Crippen LogP) is 5.13. The van der Waals surface area contributed by atoms with Gasteiger partial charge in [0, 0.05) is 23.6 Å². The van der Waals surface area contributed by atoms with Crippen molar-refractivity contribution in [2.24, 2.45) is 0 Å². The van der Waals surface area contributed by atoms with Gasteiger partial charge in [0.2, 0.25) is 0 Å². The molecule has 1 aliphatic rings. The van der Waals surface area contributed by atoms with Gasteiger partial charge in [0.05, 0.1) is 30.0 Å². The number of nitrogens with zero attached hydrogens (tertiary/aromatic N) is 2. The van der Waals surface area contributed by atoms with Crippen LogP contribution in [0.15, 0.2) is 65.5 Å². The maximum atomic E-state index is 13.2. The van der Waals surface area contributed by atoms with E-state index in [2.05, 4.69) is 9.88 Å². The Hall–Kier alpha value is -4.20. The standard InChI is InChI=1S/C29H29N3O5/c1-36-29(35)25(15-19-7-9-20(17-33)10-8-19)31-28(34)21-11-12-26-24(16-21)30-27(22-13-14-37-18-22)32(26)23-5-3-2-4-6-23/h7-14,16-18,23,25H,2-6,15H2,1H3,(H,31,34)/t25-/m0/s1. The molecule has 4 aromatic rings. The molecule has 1 aliphatic carbocycles. The number of hydrogen-bond donors (Lipinski definition) is 1. The van der Waals surface area contributed by atoms with Gasteiger partial charge in [0.15, 0.2) is 0 Å². The minimum absolute atomic E-state index is 0.237. The maximum absolute atomic E-state index is 13.2. The van der Waals surface area contributed by atoms with Crippen molar-refractivity contribution in [2.45, 2.75) is 50.6 Å². The van der Waals surface area contributed by atoms with Crippen LogP contribution in [-0.4, -0.2) is 40.9 Å². The number of carbonyl (C=O) groups is 3. The minimum atomic E-state index is -0.878.